The van der Waals surface area contributed by atoms with Crippen molar-refractivity contribution in [2.24, 2.45) is 7.05 Å². The van der Waals surface area contributed by atoms with E-state index in [0.29, 0.717) is 25.3 Å². The van der Waals surface area contributed by atoms with Crippen LogP contribution in [0.2, 0.25) is 0 Å². The highest BCUT2D eigenvalue weighted by Gasteiger charge is 2.42. The van der Waals surface area contributed by atoms with Gasteiger partial charge in [0.25, 0.3) is 5.91 Å². The van der Waals surface area contributed by atoms with Gasteiger partial charge in [-0.25, -0.2) is 4.79 Å². The molecule has 0 unspecified atom stereocenters. The van der Waals surface area contributed by atoms with Crippen LogP contribution in [-0.2, 0) is 29.8 Å². The van der Waals surface area contributed by atoms with Gasteiger partial charge in [-0.1, -0.05) is 12.1 Å². The molecule has 0 atom stereocenters. The summed E-state index contributed by atoms with van der Waals surface area (Å²) in [4.78, 5) is 25.2. The third kappa shape index (κ3) is 3.79. The Morgan fingerprint density at radius 2 is 2.00 bits per heavy atom. The average Bonchev–Trinajstić information content (AvgIpc) is 3.36. The van der Waals surface area contributed by atoms with E-state index in [1.54, 1.807) is 24.5 Å². The molecule has 0 saturated carbocycles. The Balaban J connectivity index is 1.63. The Kier molecular flexibility index (Phi) is 5.28. The number of aromatic nitrogens is 5. The van der Waals surface area contributed by atoms with E-state index in [9.17, 15) is 22.8 Å². The van der Waals surface area contributed by atoms with Crippen molar-refractivity contribution < 1.29 is 22.7 Å². The number of ether oxygens (including phenoxy) is 1. The first kappa shape index (κ1) is 22.8. The van der Waals surface area contributed by atoms with Gasteiger partial charge in [-0.2, -0.15) is 13.2 Å². The van der Waals surface area contributed by atoms with Gasteiger partial charge in [-0.15, -0.1) is 10.2 Å². The molecule has 1 aliphatic heterocycles. The number of carbonyl (C=O) groups excluding carboxylic acids is 1. The number of imidazole rings is 1. The van der Waals surface area contributed by atoms with Gasteiger partial charge in [-0.05, 0) is 23.8 Å². The highest BCUT2D eigenvalue weighted by molar-refractivity contribution is 5.94. The summed E-state index contributed by atoms with van der Waals surface area (Å²) in [5.41, 5.74) is -1.54. The minimum absolute atomic E-state index is 0.268. The quantitative estimate of drug-likeness (QED) is 0.466. The molecule has 1 aliphatic rings. The Morgan fingerprint density at radius 3 is 2.60 bits per heavy atom. The van der Waals surface area contributed by atoms with Crippen LogP contribution in [0.25, 0.3) is 11.2 Å². The summed E-state index contributed by atoms with van der Waals surface area (Å²) in [7, 11) is 3.15. The van der Waals surface area contributed by atoms with E-state index in [0.717, 1.165) is 38.8 Å². The third-order valence-corrected chi connectivity index (χ3v) is 6.36. The molecule has 1 fully saturated rings. The van der Waals surface area contributed by atoms with E-state index in [4.69, 9.17) is 4.74 Å². The highest BCUT2D eigenvalue weighted by atomic mass is 19.4. The Bertz CT molecular complexity index is 1500. The molecular weight excluding hydrogens is 465 g/mol. The fourth-order valence-electron chi connectivity index (χ4n) is 4.34. The van der Waals surface area contributed by atoms with Crippen LogP contribution in [0, 0.1) is 0 Å². The van der Waals surface area contributed by atoms with E-state index in [1.165, 1.54) is 7.05 Å². The largest absolute Gasteiger partial charge is 0.418 e. The zero-order chi connectivity index (χ0) is 25.0. The predicted octanol–water partition coefficient (Wildman–Crippen LogP) is 2.11. The van der Waals surface area contributed by atoms with Crippen LogP contribution >= 0.6 is 0 Å². The van der Waals surface area contributed by atoms with Crippen molar-refractivity contribution in [1.29, 1.82) is 0 Å². The standard InChI is InChI=1S/C23H21F3N6O3/c1-27-20(33)14-6-17(23(24,25)26)18-10-31(21(34)32(18)9-14)16-5-3-4-15(7-16)22(11-35-12-22)8-19-29-28-13-30(19)2/h3-7,9-10,13H,8,11-12H2,1-2H3,(H,27,33). The molecular formula is C23H21F3N6O3. The molecule has 35 heavy (non-hydrogen) atoms. The van der Waals surface area contributed by atoms with E-state index in [2.05, 4.69) is 15.5 Å². The zero-order valence-corrected chi connectivity index (χ0v) is 18.8. The topological polar surface area (TPSA) is 95.5 Å². The molecule has 12 heteroatoms. The molecule has 5 rings (SSSR count). The Morgan fingerprint density at radius 1 is 1.23 bits per heavy atom. The zero-order valence-electron chi connectivity index (χ0n) is 18.8. The third-order valence-electron chi connectivity index (χ3n) is 6.36. The van der Waals surface area contributed by atoms with E-state index in [1.807, 2.05) is 17.7 Å². The van der Waals surface area contributed by atoms with Crippen LogP contribution in [0.3, 0.4) is 0 Å². The summed E-state index contributed by atoms with van der Waals surface area (Å²) < 4.78 is 50.8. The van der Waals surface area contributed by atoms with Crippen molar-refractivity contribution in [3.05, 3.63) is 82.1 Å². The lowest BCUT2D eigenvalue weighted by molar-refractivity contribution is -0.136. The number of nitrogens with zero attached hydrogens (tertiary/aromatic N) is 5. The molecule has 1 N–H and O–H groups in total. The summed E-state index contributed by atoms with van der Waals surface area (Å²) in [6.45, 7) is 0.868. The van der Waals surface area contributed by atoms with Gasteiger partial charge in [0.2, 0.25) is 0 Å². The normalized spacial score (nSPS) is 15.2. The van der Waals surface area contributed by atoms with Crippen molar-refractivity contribution in [3.63, 3.8) is 0 Å². The van der Waals surface area contributed by atoms with Crippen LogP contribution in [0.4, 0.5) is 13.2 Å². The first-order valence-electron chi connectivity index (χ1n) is 10.7. The lowest BCUT2D eigenvalue weighted by Gasteiger charge is -2.41. The van der Waals surface area contributed by atoms with Crippen molar-refractivity contribution in [2.75, 3.05) is 20.3 Å². The summed E-state index contributed by atoms with van der Waals surface area (Å²) in [5.74, 6) is 0.0387. The lowest BCUT2D eigenvalue weighted by atomic mass is 9.75. The smallest absolute Gasteiger partial charge is 0.379 e. The fourth-order valence-corrected chi connectivity index (χ4v) is 4.34. The molecule has 1 amide bonds. The Hall–Kier alpha value is -3.93. The number of nitrogens with one attached hydrogen (secondary N) is 1. The summed E-state index contributed by atoms with van der Waals surface area (Å²) in [6, 6.07) is 7.81. The van der Waals surface area contributed by atoms with Crippen molar-refractivity contribution in [2.45, 2.75) is 18.0 Å². The maximum Gasteiger partial charge on any atom is 0.418 e. The lowest BCUT2D eigenvalue weighted by Crippen LogP contribution is -2.49. The number of alkyl halides is 3. The number of pyridine rings is 1. The van der Waals surface area contributed by atoms with Gasteiger partial charge in [0.15, 0.2) is 0 Å². The summed E-state index contributed by atoms with van der Waals surface area (Å²) >= 11 is 0. The minimum atomic E-state index is -4.76. The number of rotatable bonds is 5. The molecule has 182 valence electrons. The van der Waals surface area contributed by atoms with Gasteiger partial charge in [0.1, 0.15) is 12.2 Å². The van der Waals surface area contributed by atoms with E-state index in [-0.39, 0.29) is 11.1 Å². The number of amides is 1. The summed E-state index contributed by atoms with van der Waals surface area (Å²) in [6.07, 6.45) is -0.352. The van der Waals surface area contributed by atoms with Crippen LogP contribution in [-0.4, -0.2) is 49.9 Å². The van der Waals surface area contributed by atoms with Crippen LogP contribution in [0.1, 0.15) is 27.3 Å². The van der Waals surface area contributed by atoms with Crippen LogP contribution in [0.15, 0.2) is 53.8 Å². The van der Waals surface area contributed by atoms with Gasteiger partial charge in [0, 0.05) is 38.3 Å². The molecule has 1 saturated heterocycles. The van der Waals surface area contributed by atoms with Crippen LogP contribution in [0.5, 0.6) is 0 Å². The van der Waals surface area contributed by atoms with Crippen LogP contribution < -0.4 is 11.0 Å². The molecule has 0 aliphatic carbocycles. The first-order valence-corrected chi connectivity index (χ1v) is 10.7. The van der Waals surface area contributed by atoms with Gasteiger partial charge >= 0.3 is 11.9 Å². The molecule has 1 aromatic carbocycles. The van der Waals surface area contributed by atoms with Gasteiger partial charge in [-0.3, -0.25) is 13.8 Å². The van der Waals surface area contributed by atoms with E-state index >= 15 is 0 Å². The molecule has 0 bridgehead atoms. The summed E-state index contributed by atoms with van der Waals surface area (Å²) in [5, 5.41) is 10.4. The maximum atomic E-state index is 13.8. The molecule has 4 aromatic rings. The van der Waals surface area contributed by atoms with Crippen molar-refractivity contribution in [1.82, 2.24) is 29.0 Å². The van der Waals surface area contributed by atoms with E-state index < -0.39 is 28.8 Å². The molecule has 4 heterocycles. The number of carbonyl (C=O) groups is 1. The highest BCUT2D eigenvalue weighted by Crippen LogP contribution is 2.37. The minimum Gasteiger partial charge on any atom is -0.379 e. The number of halogens is 3. The Labute approximate surface area is 196 Å². The number of fused-ring (bicyclic) bond motifs is 1. The number of hydrogen-bond donors (Lipinski definition) is 1. The second-order valence-corrected chi connectivity index (χ2v) is 8.61. The first-order chi connectivity index (χ1) is 16.6. The van der Waals surface area contributed by atoms with Gasteiger partial charge in [0.05, 0.1) is 35.5 Å². The monoisotopic (exact) mass is 486 g/mol. The number of benzene rings is 1. The molecule has 0 radical (unpaired) electrons. The maximum absolute atomic E-state index is 13.8. The molecule has 3 aromatic heterocycles. The number of aryl methyl sites for hydroxylation is 1. The average molecular weight is 486 g/mol. The second kappa shape index (κ2) is 8.08. The predicted molar refractivity (Wildman–Crippen MR) is 119 cm³/mol. The number of hydrogen-bond acceptors (Lipinski definition) is 5. The van der Waals surface area contributed by atoms with Gasteiger partial charge < -0.3 is 14.6 Å². The second-order valence-electron chi connectivity index (χ2n) is 8.61. The van der Waals surface area contributed by atoms with Crippen molar-refractivity contribution >= 4 is 11.4 Å². The van der Waals surface area contributed by atoms with Crippen molar-refractivity contribution in [3.8, 4) is 5.69 Å². The SMILES string of the molecule is CNC(=O)c1cc(C(F)(F)F)c2cn(-c3cccc(C4(Cc5nncn5C)COC4)c3)c(=O)n2c1. The fraction of sp³-hybridized carbons (Fsp3) is 0.304. The molecule has 9 nitrogen and oxygen atoms in total. The molecule has 0 spiro atoms.